The van der Waals surface area contributed by atoms with Crippen LogP contribution in [-0.2, 0) is 0 Å². The number of fused-ring (bicyclic) bond motifs is 1. The molecule has 4 rings (SSSR count). The molecule has 1 fully saturated rings. The lowest BCUT2D eigenvalue weighted by atomic mass is 10.1. The van der Waals surface area contributed by atoms with E-state index in [2.05, 4.69) is 4.98 Å². The summed E-state index contributed by atoms with van der Waals surface area (Å²) in [5.74, 6) is -0.383. The molecule has 0 unspecified atom stereocenters. The van der Waals surface area contributed by atoms with Gasteiger partial charge in [-0.1, -0.05) is 18.2 Å². The number of hydrogen-bond donors (Lipinski definition) is 0. The van der Waals surface area contributed by atoms with E-state index in [9.17, 15) is 13.6 Å². The Bertz CT molecular complexity index is 899. The second-order valence-electron chi connectivity index (χ2n) is 6.30. The molecule has 1 saturated heterocycles. The van der Waals surface area contributed by atoms with Crippen LogP contribution >= 0.6 is 0 Å². The van der Waals surface area contributed by atoms with Gasteiger partial charge in [0.2, 0.25) is 0 Å². The predicted molar refractivity (Wildman–Crippen MR) is 91.4 cm³/mol. The van der Waals surface area contributed by atoms with Crippen molar-refractivity contribution in [2.24, 2.45) is 0 Å². The van der Waals surface area contributed by atoms with Crippen LogP contribution in [0.15, 0.2) is 54.9 Å². The number of likely N-dealkylation sites (tertiary alicyclic amines) is 1. The van der Waals surface area contributed by atoms with Gasteiger partial charge in [0.1, 0.15) is 18.0 Å². The lowest BCUT2D eigenvalue weighted by Crippen LogP contribution is -2.45. The fourth-order valence-electron chi connectivity index (χ4n) is 3.27. The predicted octanol–water partition coefficient (Wildman–Crippen LogP) is 3.55. The third-order valence-corrected chi connectivity index (χ3v) is 4.44. The van der Waals surface area contributed by atoms with Crippen molar-refractivity contribution in [2.45, 2.75) is 18.8 Å². The molecular formula is C19H17F2N3O. The van der Waals surface area contributed by atoms with E-state index in [0.29, 0.717) is 5.56 Å². The Hall–Kier alpha value is -2.76. The van der Waals surface area contributed by atoms with E-state index in [1.54, 1.807) is 6.07 Å². The van der Waals surface area contributed by atoms with Gasteiger partial charge < -0.3 is 9.47 Å². The van der Waals surface area contributed by atoms with Gasteiger partial charge in [0.15, 0.2) is 0 Å². The van der Waals surface area contributed by atoms with E-state index >= 15 is 0 Å². The first-order chi connectivity index (χ1) is 12.1. The van der Waals surface area contributed by atoms with E-state index in [1.165, 1.54) is 11.1 Å². The first kappa shape index (κ1) is 15.7. The monoisotopic (exact) mass is 341 g/mol. The number of amides is 1. The average molecular weight is 341 g/mol. The normalized spacial score (nSPS) is 20.8. The SMILES string of the molecule is O=C(c1cnc2c(ccn2-c2ccccc2)c1)N1C[C@H](F)C[C@H](F)C1. The van der Waals surface area contributed by atoms with Crippen molar-refractivity contribution in [3.63, 3.8) is 0 Å². The molecule has 1 amide bonds. The van der Waals surface area contributed by atoms with Crippen molar-refractivity contribution < 1.29 is 13.6 Å². The van der Waals surface area contributed by atoms with E-state index in [1.807, 2.05) is 47.2 Å². The summed E-state index contributed by atoms with van der Waals surface area (Å²) in [6, 6.07) is 13.4. The highest BCUT2D eigenvalue weighted by atomic mass is 19.1. The maximum absolute atomic E-state index is 13.6. The molecule has 0 N–H and O–H groups in total. The zero-order valence-corrected chi connectivity index (χ0v) is 13.5. The summed E-state index contributed by atoms with van der Waals surface area (Å²) in [7, 11) is 0. The van der Waals surface area contributed by atoms with Gasteiger partial charge >= 0.3 is 0 Å². The molecule has 4 nitrogen and oxygen atoms in total. The van der Waals surface area contributed by atoms with Crippen LogP contribution in [0.1, 0.15) is 16.8 Å². The van der Waals surface area contributed by atoms with Crippen molar-refractivity contribution in [3.05, 3.63) is 60.4 Å². The smallest absolute Gasteiger partial charge is 0.255 e. The van der Waals surface area contributed by atoms with Crippen LogP contribution < -0.4 is 0 Å². The number of carbonyl (C=O) groups excluding carboxylic acids is 1. The van der Waals surface area contributed by atoms with Crippen LogP contribution in [0.4, 0.5) is 8.78 Å². The number of rotatable bonds is 2. The minimum Gasteiger partial charge on any atom is -0.333 e. The molecule has 1 aromatic carbocycles. The lowest BCUT2D eigenvalue weighted by molar-refractivity contribution is 0.0469. The van der Waals surface area contributed by atoms with Crippen molar-refractivity contribution in [2.75, 3.05) is 13.1 Å². The molecule has 1 aliphatic heterocycles. The van der Waals surface area contributed by atoms with Gasteiger partial charge in [-0.3, -0.25) is 4.79 Å². The summed E-state index contributed by atoms with van der Waals surface area (Å²) in [6.45, 7) is -0.134. The van der Waals surface area contributed by atoms with Crippen LogP contribution in [0.5, 0.6) is 0 Å². The van der Waals surface area contributed by atoms with Gasteiger partial charge in [0, 0.05) is 29.9 Å². The topological polar surface area (TPSA) is 38.1 Å². The van der Waals surface area contributed by atoms with Gasteiger partial charge in [-0.15, -0.1) is 0 Å². The molecule has 1 aliphatic rings. The minimum atomic E-state index is -1.32. The van der Waals surface area contributed by atoms with Crippen LogP contribution in [0.2, 0.25) is 0 Å². The van der Waals surface area contributed by atoms with Crippen molar-refractivity contribution in [1.29, 1.82) is 0 Å². The van der Waals surface area contributed by atoms with Gasteiger partial charge in [-0.05, 0) is 24.3 Å². The molecule has 128 valence electrons. The molecule has 0 spiro atoms. The Morgan fingerprint density at radius 3 is 2.52 bits per heavy atom. The van der Waals surface area contributed by atoms with Crippen LogP contribution in [0.3, 0.4) is 0 Å². The van der Waals surface area contributed by atoms with Crippen LogP contribution in [0, 0.1) is 0 Å². The minimum absolute atomic E-state index is 0.0671. The molecule has 2 atom stereocenters. The number of pyridine rings is 1. The number of alkyl halides is 2. The molecule has 3 aromatic rings. The van der Waals surface area contributed by atoms with Crippen LogP contribution in [-0.4, -0.2) is 45.8 Å². The third-order valence-electron chi connectivity index (χ3n) is 4.44. The summed E-state index contributed by atoms with van der Waals surface area (Å²) in [4.78, 5) is 18.2. The lowest BCUT2D eigenvalue weighted by Gasteiger charge is -2.31. The molecule has 0 radical (unpaired) electrons. The zero-order chi connectivity index (χ0) is 17.4. The molecule has 0 bridgehead atoms. The largest absolute Gasteiger partial charge is 0.333 e. The van der Waals surface area contributed by atoms with E-state index < -0.39 is 12.3 Å². The standard InChI is InChI=1S/C19H17F2N3O/c20-15-9-16(21)12-23(11-15)19(25)14-8-13-6-7-24(18(13)22-10-14)17-4-2-1-3-5-17/h1-8,10,15-16H,9,11-12H2/t15-,16+. The van der Waals surface area contributed by atoms with Gasteiger partial charge in [0.25, 0.3) is 5.91 Å². The Kier molecular flexibility index (Phi) is 3.95. The molecule has 3 heterocycles. The van der Waals surface area contributed by atoms with Crippen LogP contribution in [0.25, 0.3) is 16.7 Å². The number of halogens is 2. The van der Waals surface area contributed by atoms with Crippen molar-refractivity contribution >= 4 is 16.9 Å². The number of aromatic nitrogens is 2. The maximum atomic E-state index is 13.6. The molecule has 6 heteroatoms. The fraction of sp³-hybridized carbons (Fsp3) is 0.263. The van der Waals surface area contributed by atoms with Gasteiger partial charge in [-0.25, -0.2) is 13.8 Å². The Balaban J connectivity index is 1.65. The Morgan fingerprint density at radius 1 is 1.08 bits per heavy atom. The van der Waals surface area contributed by atoms with E-state index in [-0.39, 0.29) is 25.4 Å². The average Bonchev–Trinajstić information content (AvgIpc) is 3.04. The quantitative estimate of drug-likeness (QED) is 0.715. The van der Waals surface area contributed by atoms with Crippen molar-refractivity contribution in [3.8, 4) is 5.69 Å². The number of hydrogen-bond acceptors (Lipinski definition) is 2. The van der Waals surface area contributed by atoms with Gasteiger partial charge in [-0.2, -0.15) is 0 Å². The maximum Gasteiger partial charge on any atom is 0.255 e. The first-order valence-corrected chi connectivity index (χ1v) is 8.22. The number of benzene rings is 1. The summed E-state index contributed by atoms with van der Waals surface area (Å²) >= 11 is 0. The molecule has 0 aliphatic carbocycles. The highest BCUT2D eigenvalue weighted by molar-refractivity contribution is 5.97. The molecular weight excluding hydrogens is 324 g/mol. The second kappa shape index (κ2) is 6.27. The van der Waals surface area contributed by atoms with Crippen molar-refractivity contribution in [1.82, 2.24) is 14.5 Å². The van der Waals surface area contributed by atoms with Gasteiger partial charge in [0.05, 0.1) is 18.7 Å². The summed E-state index contributed by atoms with van der Waals surface area (Å²) in [5, 5.41) is 0.806. The Morgan fingerprint density at radius 2 is 1.80 bits per heavy atom. The molecule has 2 aromatic heterocycles. The second-order valence-corrected chi connectivity index (χ2v) is 6.30. The van der Waals surface area contributed by atoms with E-state index in [0.717, 1.165) is 16.7 Å². The summed E-state index contributed by atoms with van der Waals surface area (Å²) in [6.07, 6.45) is 0.587. The van der Waals surface area contributed by atoms with E-state index in [4.69, 9.17) is 0 Å². The summed E-state index contributed by atoms with van der Waals surface area (Å²) < 4.78 is 29.0. The Labute approximate surface area is 143 Å². The molecule has 0 saturated carbocycles. The number of piperidine rings is 1. The first-order valence-electron chi connectivity index (χ1n) is 8.22. The highest BCUT2D eigenvalue weighted by Gasteiger charge is 2.30. The number of para-hydroxylation sites is 1. The third kappa shape index (κ3) is 2.99. The summed E-state index contributed by atoms with van der Waals surface area (Å²) in [5.41, 5.74) is 2.05. The zero-order valence-electron chi connectivity index (χ0n) is 13.5. The number of carbonyl (C=O) groups is 1. The highest BCUT2D eigenvalue weighted by Crippen LogP contribution is 2.22. The molecule has 25 heavy (non-hydrogen) atoms. The number of nitrogens with zero attached hydrogens (tertiary/aromatic N) is 3. The fourth-order valence-corrected chi connectivity index (χ4v) is 3.27.